The minimum atomic E-state index is -1.12. The summed E-state index contributed by atoms with van der Waals surface area (Å²) in [6.07, 6.45) is -1.12. The molecule has 0 saturated carbocycles. The van der Waals surface area contributed by atoms with Crippen molar-refractivity contribution in [1.82, 2.24) is 0 Å². The van der Waals surface area contributed by atoms with Crippen LogP contribution in [0.1, 0.15) is 11.7 Å². The van der Waals surface area contributed by atoms with Gasteiger partial charge in [0.05, 0.1) is 24.7 Å². The molecule has 0 aromatic heterocycles. The highest BCUT2D eigenvalue weighted by molar-refractivity contribution is 5.67. The number of aliphatic hydroxyl groups is 2. The predicted molar refractivity (Wildman–Crippen MR) is 62.0 cm³/mol. The number of ether oxygens (including phenoxy) is 1. The molecule has 1 aromatic rings. The number of aliphatic hydroxyl groups excluding tert-OH is 2. The van der Waals surface area contributed by atoms with Crippen LogP contribution in [0.25, 0.3) is 0 Å². The van der Waals surface area contributed by atoms with Crippen LogP contribution in [0.2, 0.25) is 0 Å². The number of nitro benzene ring substituents is 1. The predicted octanol–water partition coefficient (Wildman–Crippen LogP) is -0.0751. The number of nitrogens with zero attached hydrogens (tertiary/aromatic N) is 1. The van der Waals surface area contributed by atoms with Gasteiger partial charge in [0.25, 0.3) is 0 Å². The smallest absolute Gasteiger partial charge is 0.301 e. The maximum atomic E-state index is 10.9. The van der Waals surface area contributed by atoms with Crippen molar-refractivity contribution in [3.05, 3.63) is 27.8 Å². The number of nitrogen functional groups attached to an aromatic ring is 1. The Bertz CT molecular complexity index is 437. The fraction of sp³-hybridized carbons (Fsp3) is 0.400. The lowest BCUT2D eigenvalue weighted by Crippen LogP contribution is -2.14. The lowest BCUT2D eigenvalue weighted by Gasteiger charge is -2.17. The molecule has 0 aliphatic carbocycles. The first-order valence-corrected chi connectivity index (χ1v) is 5.12. The van der Waals surface area contributed by atoms with Crippen molar-refractivity contribution in [1.29, 1.82) is 0 Å². The van der Waals surface area contributed by atoms with Gasteiger partial charge in [-0.15, -0.1) is 0 Å². The molecule has 0 aliphatic heterocycles. The number of nitro groups is 1. The van der Waals surface area contributed by atoms with E-state index in [0.717, 1.165) is 0 Å². The van der Waals surface area contributed by atoms with E-state index in [1.54, 1.807) is 0 Å². The summed E-state index contributed by atoms with van der Waals surface area (Å²) in [6, 6.07) is 2.38. The lowest BCUT2D eigenvalue weighted by atomic mass is 10.0. The molecular weight excluding hydrogens is 244 g/mol. The molecule has 8 nitrogen and oxygen atoms in total. The summed E-state index contributed by atoms with van der Waals surface area (Å²) in [5.41, 5.74) is 4.63. The van der Waals surface area contributed by atoms with Crippen molar-refractivity contribution in [2.75, 3.05) is 25.6 Å². The van der Waals surface area contributed by atoms with E-state index in [9.17, 15) is 15.2 Å². The molecule has 1 unspecified atom stereocenters. The molecule has 100 valence electrons. The Morgan fingerprint density at radius 3 is 2.61 bits per heavy atom. The number of hydrogen-bond acceptors (Lipinski definition) is 7. The van der Waals surface area contributed by atoms with Crippen LogP contribution in [0.15, 0.2) is 12.1 Å². The number of nitrogens with two attached hydrogens (primary N) is 1. The van der Waals surface area contributed by atoms with Crippen LogP contribution < -0.4 is 5.73 Å². The highest BCUT2D eigenvalue weighted by Gasteiger charge is 2.28. The molecular formula is C10H14N2O6. The van der Waals surface area contributed by atoms with Crippen LogP contribution in [-0.2, 0) is 4.74 Å². The SMILES string of the molecule is Nc1ccc(O)c(C(CO)OCCO)c1[N+](=O)[O-]. The number of aromatic hydroxyl groups is 1. The molecule has 0 amide bonds. The number of benzene rings is 1. The molecule has 0 radical (unpaired) electrons. The zero-order valence-corrected chi connectivity index (χ0v) is 9.44. The quantitative estimate of drug-likeness (QED) is 0.242. The Morgan fingerprint density at radius 1 is 1.44 bits per heavy atom. The second-order valence-corrected chi connectivity index (χ2v) is 3.46. The van der Waals surface area contributed by atoms with Crippen molar-refractivity contribution in [3.8, 4) is 5.75 Å². The van der Waals surface area contributed by atoms with Crippen molar-refractivity contribution in [3.63, 3.8) is 0 Å². The molecule has 0 bridgehead atoms. The molecule has 1 atom stereocenters. The van der Waals surface area contributed by atoms with E-state index in [4.69, 9.17) is 20.7 Å². The van der Waals surface area contributed by atoms with E-state index in [0.29, 0.717) is 0 Å². The monoisotopic (exact) mass is 258 g/mol. The highest BCUT2D eigenvalue weighted by atomic mass is 16.6. The second kappa shape index (κ2) is 6.15. The van der Waals surface area contributed by atoms with E-state index in [1.165, 1.54) is 12.1 Å². The normalized spacial score (nSPS) is 12.3. The van der Waals surface area contributed by atoms with Crippen molar-refractivity contribution < 1.29 is 25.0 Å². The van der Waals surface area contributed by atoms with Crippen molar-refractivity contribution in [2.45, 2.75) is 6.10 Å². The fourth-order valence-corrected chi connectivity index (χ4v) is 1.56. The number of phenolic OH excluding ortho intramolecular Hbond substituents is 1. The lowest BCUT2D eigenvalue weighted by molar-refractivity contribution is -0.385. The van der Waals surface area contributed by atoms with Crippen LogP contribution in [-0.4, -0.2) is 40.1 Å². The van der Waals surface area contributed by atoms with Gasteiger partial charge in [0.2, 0.25) is 0 Å². The van der Waals surface area contributed by atoms with Crippen LogP contribution in [0, 0.1) is 10.1 Å². The number of anilines is 1. The molecule has 8 heteroatoms. The standard InChI is InChI=1S/C10H14N2O6/c11-6-1-2-7(15)9(10(6)12(16)17)8(5-14)18-4-3-13/h1-2,8,13-15H,3-5,11H2. The fourth-order valence-electron chi connectivity index (χ4n) is 1.56. The summed E-state index contributed by atoms with van der Waals surface area (Å²) >= 11 is 0. The Morgan fingerprint density at radius 2 is 2.11 bits per heavy atom. The average molecular weight is 258 g/mol. The van der Waals surface area contributed by atoms with E-state index in [2.05, 4.69) is 0 Å². The summed E-state index contributed by atoms with van der Waals surface area (Å²) in [6.45, 7) is -1.03. The number of rotatable bonds is 6. The van der Waals surface area contributed by atoms with E-state index >= 15 is 0 Å². The van der Waals surface area contributed by atoms with Gasteiger partial charge in [-0.25, -0.2) is 0 Å². The largest absolute Gasteiger partial charge is 0.507 e. The minimum Gasteiger partial charge on any atom is -0.507 e. The molecule has 1 aromatic carbocycles. The molecule has 5 N–H and O–H groups in total. The zero-order valence-electron chi connectivity index (χ0n) is 9.44. The first-order valence-electron chi connectivity index (χ1n) is 5.12. The summed E-state index contributed by atoms with van der Waals surface area (Å²) in [4.78, 5) is 10.2. The highest BCUT2D eigenvalue weighted by Crippen LogP contribution is 2.38. The van der Waals surface area contributed by atoms with Gasteiger partial charge in [0.15, 0.2) is 0 Å². The molecule has 0 fully saturated rings. The first kappa shape index (κ1) is 14.2. The Kier molecular flexibility index (Phi) is 4.84. The van der Waals surface area contributed by atoms with Crippen LogP contribution in [0.3, 0.4) is 0 Å². The van der Waals surface area contributed by atoms with Crippen LogP contribution in [0.5, 0.6) is 5.75 Å². The van der Waals surface area contributed by atoms with Crippen LogP contribution in [0.4, 0.5) is 11.4 Å². The Hall–Kier alpha value is -1.90. The van der Waals surface area contributed by atoms with Gasteiger partial charge in [-0.2, -0.15) is 0 Å². The van der Waals surface area contributed by atoms with Gasteiger partial charge in [-0.1, -0.05) is 0 Å². The summed E-state index contributed by atoms with van der Waals surface area (Å²) in [7, 11) is 0. The maximum Gasteiger partial charge on any atom is 0.301 e. The van der Waals surface area contributed by atoms with Crippen molar-refractivity contribution in [2.24, 2.45) is 0 Å². The van der Waals surface area contributed by atoms with Crippen molar-refractivity contribution >= 4 is 11.4 Å². The van der Waals surface area contributed by atoms with Gasteiger partial charge in [0, 0.05) is 0 Å². The van der Waals surface area contributed by atoms with Gasteiger partial charge in [-0.3, -0.25) is 10.1 Å². The summed E-state index contributed by atoms with van der Waals surface area (Å²) in [5.74, 6) is -0.395. The summed E-state index contributed by atoms with van der Waals surface area (Å²) < 4.78 is 5.03. The van der Waals surface area contributed by atoms with Gasteiger partial charge in [0.1, 0.15) is 23.1 Å². The molecule has 0 spiro atoms. The van der Waals surface area contributed by atoms with Gasteiger partial charge in [-0.05, 0) is 12.1 Å². The average Bonchev–Trinajstić information content (AvgIpc) is 2.33. The Balaban J connectivity index is 3.26. The minimum absolute atomic E-state index is 0.128. The van der Waals surface area contributed by atoms with Gasteiger partial charge >= 0.3 is 5.69 Å². The van der Waals surface area contributed by atoms with Crippen LogP contribution >= 0.6 is 0 Å². The Labute approximate surface area is 102 Å². The maximum absolute atomic E-state index is 10.9. The molecule has 1 rings (SSSR count). The topological polar surface area (TPSA) is 139 Å². The second-order valence-electron chi connectivity index (χ2n) is 3.46. The first-order chi connectivity index (χ1) is 8.52. The molecule has 0 saturated heterocycles. The van der Waals surface area contributed by atoms with Gasteiger partial charge < -0.3 is 25.8 Å². The molecule has 0 aliphatic rings. The number of hydrogen-bond donors (Lipinski definition) is 4. The third kappa shape index (κ3) is 2.86. The number of phenols is 1. The molecule has 0 heterocycles. The van der Waals surface area contributed by atoms with E-state index in [-0.39, 0.29) is 24.5 Å². The third-order valence-corrected chi connectivity index (χ3v) is 2.31. The third-order valence-electron chi connectivity index (χ3n) is 2.31. The van der Waals surface area contributed by atoms with E-state index < -0.39 is 29.1 Å². The van der Waals surface area contributed by atoms with E-state index in [1.807, 2.05) is 0 Å². The summed E-state index contributed by atoms with van der Waals surface area (Å²) in [5, 5.41) is 38.3. The zero-order chi connectivity index (χ0) is 13.7. The molecule has 18 heavy (non-hydrogen) atoms.